The number of hydrogen-bond acceptors (Lipinski definition) is 4. The summed E-state index contributed by atoms with van der Waals surface area (Å²) in [5.41, 5.74) is 1.98. The Labute approximate surface area is 225 Å². The summed E-state index contributed by atoms with van der Waals surface area (Å²) in [6.07, 6.45) is 24.9. The maximum Gasteiger partial charge on any atom is 0.146 e. The topological polar surface area (TPSA) is 47.0 Å². The molecule has 4 nitrogen and oxygen atoms in total. The molecule has 3 atom stereocenters. The molecule has 202 valence electrons. The Hall–Kier alpha value is -1.46. The maximum atomic E-state index is 5.91. The van der Waals surface area contributed by atoms with Gasteiger partial charge in [-0.2, -0.15) is 10.2 Å². The van der Waals surface area contributed by atoms with E-state index in [0.29, 0.717) is 0 Å². The number of aromatic nitrogens is 2. The van der Waals surface area contributed by atoms with E-state index in [4.69, 9.17) is 4.74 Å². The molecule has 0 spiro atoms. The van der Waals surface area contributed by atoms with Crippen LogP contribution in [0.3, 0.4) is 0 Å². The fourth-order valence-electron chi connectivity index (χ4n) is 4.66. The Morgan fingerprint density at radius 2 is 1.50 bits per heavy atom. The predicted molar refractivity (Wildman–Crippen MR) is 157 cm³/mol. The van der Waals surface area contributed by atoms with Crippen molar-refractivity contribution in [2.75, 3.05) is 6.61 Å². The van der Waals surface area contributed by atoms with Gasteiger partial charge in [0.05, 0.1) is 5.69 Å². The summed E-state index contributed by atoms with van der Waals surface area (Å²) in [7, 11) is 0.746. The summed E-state index contributed by atoms with van der Waals surface area (Å²) in [6, 6.07) is 5.48. The van der Waals surface area contributed by atoms with Gasteiger partial charge in [-0.1, -0.05) is 123 Å². The lowest BCUT2D eigenvalue weighted by molar-refractivity contribution is 0.0682. The molecule has 1 aromatic heterocycles. The lowest BCUT2D eigenvalue weighted by Crippen LogP contribution is -2.28. The van der Waals surface area contributed by atoms with E-state index in [9.17, 15) is 0 Å². The van der Waals surface area contributed by atoms with Crippen LogP contribution in [0.5, 0.6) is 0 Å². The molecule has 2 rings (SSSR count). The second-order valence-electron chi connectivity index (χ2n) is 10.9. The van der Waals surface area contributed by atoms with E-state index in [0.717, 1.165) is 51.0 Å². The fourth-order valence-corrected chi connectivity index (χ4v) is 5.74. The second-order valence-corrected chi connectivity index (χ2v) is 12.1. The number of ether oxygens (including phenoxy) is 1. The van der Waals surface area contributed by atoms with E-state index < -0.39 is 0 Å². The summed E-state index contributed by atoms with van der Waals surface area (Å²) in [5, 5.41) is 13.5. The highest BCUT2D eigenvalue weighted by Crippen LogP contribution is 2.19. The van der Waals surface area contributed by atoms with Crippen molar-refractivity contribution >= 4 is 20.4 Å². The number of rotatable bonds is 21. The molecule has 1 aliphatic heterocycles. The molecule has 0 saturated carbocycles. The van der Waals surface area contributed by atoms with Gasteiger partial charge in [-0.3, -0.25) is 0 Å². The minimum atomic E-state index is -0.0377. The summed E-state index contributed by atoms with van der Waals surface area (Å²) >= 11 is 0. The van der Waals surface area contributed by atoms with Crippen molar-refractivity contribution in [3.8, 4) is 0 Å². The highest BCUT2D eigenvalue weighted by atomic mass is 28.2. The number of dihydropyridines is 1. The van der Waals surface area contributed by atoms with Crippen molar-refractivity contribution in [2.24, 2.45) is 11.8 Å². The molecule has 0 aromatic carbocycles. The first-order valence-electron chi connectivity index (χ1n) is 15.0. The van der Waals surface area contributed by atoms with Crippen molar-refractivity contribution in [3.05, 3.63) is 36.2 Å². The molecule has 0 amide bonds. The predicted octanol–water partition coefficient (Wildman–Crippen LogP) is 7.84. The first-order valence-corrected chi connectivity index (χ1v) is 16.2. The Bertz CT molecular complexity index is 734. The Balaban J connectivity index is 1.57. The zero-order valence-corrected chi connectivity index (χ0v) is 24.7. The molecule has 36 heavy (non-hydrogen) atoms. The third-order valence-corrected chi connectivity index (χ3v) is 8.72. The second kappa shape index (κ2) is 19.6. The van der Waals surface area contributed by atoms with Crippen LogP contribution in [0.2, 0.25) is 6.04 Å². The van der Waals surface area contributed by atoms with E-state index in [1.165, 1.54) is 89.5 Å². The van der Waals surface area contributed by atoms with Crippen molar-refractivity contribution in [1.82, 2.24) is 15.5 Å². The molecule has 2 heterocycles. The molecule has 1 N–H and O–H groups in total. The van der Waals surface area contributed by atoms with Crippen LogP contribution in [0.15, 0.2) is 30.5 Å². The average Bonchev–Trinajstić information content (AvgIpc) is 2.90. The van der Waals surface area contributed by atoms with E-state index in [2.05, 4.69) is 67.5 Å². The zero-order valence-electron chi connectivity index (χ0n) is 23.7. The van der Waals surface area contributed by atoms with Crippen LogP contribution >= 0.6 is 0 Å². The van der Waals surface area contributed by atoms with Gasteiger partial charge in [-0.25, -0.2) is 0 Å². The van der Waals surface area contributed by atoms with Crippen molar-refractivity contribution in [2.45, 2.75) is 130 Å². The van der Waals surface area contributed by atoms with Gasteiger partial charge in [0.2, 0.25) is 0 Å². The van der Waals surface area contributed by atoms with Crippen LogP contribution in [0, 0.1) is 11.8 Å². The Morgan fingerprint density at radius 1 is 0.833 bits per heavy atom. The van der Waals surface area contributed by atoms with Crippen LogP contribution < -0.4 is 10.6 Å². The fraction of sp³-hybridized carbons (Fsp3) is 0.742. The molecule has 0 bridgehead atoms. The van der Waals surface area contributed by atoms with Crippen LogP contribution in [0.4, 0.5) is 0 Å². The van der Waals surface area contributed by atoms with Crippen molar-refractivity contribution < 1.29 is 4.74 Å². The quantitative estimate of drug-likeness (QED) is 0.135. The first-order chi connectivity index (χ1) is 17.6. The standard InChI is InChI=1S/C31H53N3OSi/c1-5-7-9-10-15-23-35-30-21-19-28(24-32-30)29-20-22-31(34-33-29)36-25-27(4)18-14-11-13-17-26(3)16-12-8-6-2/h19-22,24,26-27,30,32H,5-18,23,25H2,1-4H3. The molecular weight excluding hydrogens is 458 g/mol. The van der Waals surface area contributed by atoms with E-state index in [1.807, 2.05) is 6.20 Å². The molecule has 5 heteroatoms. The van der Waals surface area contributed by atoms with Crippen LogP contribution in [0.1, 0.15) is 123 Å². The average molecular weight is 512 g/mol. The third-order valence-electron chi connectivity index (χ3n) is 7.19. The summed E-state index contributed by atoms with van der Waals surface area (Å²) in [6.45, 7) is 10.2. The summed E-state index contributed by atoms with van der Waals surface area (Å²) in [4.78, 5) is 0. The van der Waals surface area contributed by atoms with Crippen LogP contribution in [-0.2, 0) is 4.74 Å². The smallest absolute Gasteiger partial charge is 0.146 e. The van der Waals surface area contributed by atoms with E-state index >= 15 is 0 Å². The molecule has 0 fully saturated rings. The lowest BCUT2D eigenvalue weighted by atomic mass is 9.96. The summed E-state index contributed by atoms with van der Waals surface area (Å²) < 4.78 is 5.91. The number of hydrogen-bond donors (Lipinski definition) is 1. The van der Waals surface area contributed by atoms with Gasteiger partial charge in [-0.05, 0) is 36.5 Å². The summed E-state index contributed by atoms with van der Waals surface area (Å²) in [5.74, 6) is 1.68. The highest BCUT2D eigenvalue weighted by molar-refractivity contribution is 6.52. The molecule has 2 radical (unpaired) electrons. The first kappa shape index (κ1) is 30.8. The monoisotopic (exact) mass is 511 g/mol. The van der Waals surface area contributed by atoms with E-state index in [1.54, 1.807) is 0 Å². The molecule has 0 saturated heterocycles. The number of nitrogens with zero attached hydrogens (tertiary/aromatic N) is 2. The van der Waals surface area contributed by atoms with Crippen LogP contribution in [-0.4, -0.2) is 32.6 Å². The molecule has 0 aliphatic carbocycles. The van der Waals surface area contributed by atoms with Gasteiger partial charge in [0.1, 0.15) is 15.7 Å². The Morgan fingerprint density at radius 3 is 2.17 bits per heavy atom. The molecule has 3 unspecified atom stereocenters. The minimum Gasteiger partial charge on any atom is -0.362 e. The Kier molecular flexibility index (Phi) is 16.8. The van der Waals surface area contributed by atoms with Crippen molar-refractivity contribution in [1.29, 1.82) is 0 Å². The van der Waals surface area contributed by atoms with Gasteiger partial charge in [0, 0.05) is 23.7 Å². The number of allylic oxidation sites excluding steroid dienone is 2. The molecule has 1 aromatic rings. The van der Waals surface area contributed by atoms with E-state index in [-0.39, 0.29) is 6.23 Å². The maximum absolute atomic E-state index is 5.91. The van der Waals surface area contributed by atoms with Gasteiger partial charge >= 0.3 is 0 Å². The normalized spacial score (nSPS) is 17.0. The van der Waals surface area contributed by atoms with Gasteiger partial charge in [0.25, 0.3) is 0 Å². The minimum absolute atomic E-state index is 0.0377. The largest absolute Gasteiger partial charge is 0.362 e. The van der Waals surface area contributed by atoms with Crippen LogP contribution in [0.25, 0.3) is 5.57 Å². The highest BCUT2D eigenvalue weighted by Gasteiger charge is 2.11. The zero-order chi connectivity index (χ0) is 25.8. The third kappa shape index (κ3) is 13.7. The van der Waals surface area contributed by atoms with Crippen molar-refractivity contribution in [3.63, 3.8) is 0 Å². The number of unbranched alkanes of at least 4 members (excludes halogenated alkanes) is 8. The molecule has 1 aliphatic rings. The molecular formula is C31H53N3OSi. The van der Waals surface area contributed by atoms with Gasteiger partial charge in [0.15, 0.2) is 0 Å². The van der Waals surface area contributed by atoms with Gasteiger partial charge in [-0.15, -0.1) is 0 Å². The van der Waals surface area contributed by atoms with Gasteiger partial charge < -0.3 is 10.1 Å². The number of nitrogens with one attached hydrogen (secondary N) is 1. The lowest BCUT2D eigenvalue weighted by Gasteiger charge is -2.19. The SMILES string of the molecule is CCCCCCCOC1C=CC(c2ccc([Si]CC(C)CCCCCC(C)CCCCC)nn2)=CN1.